The molecule has 1 aliphatic rings. The van der Waals surface area contributed by atoms with E-state index < -0.39 is 10.0 Å². The minimum atomic E-state index is -3.15. The Bertz CT molecular complexity index is 300. The lowest BCUT2D eigenvalue weighted by molar-refractivity contribution is 0.248. The first-order chi connectivity index (χ1) is 6.47. The van der Waals surface area contributed by atoms with Crippen LogP contribution in [-0.4, -0.2) is 37.1 Å². The largest absolute Gasteiger partial charge is 0.328 e. The maximum Gasteiger partial charge on any atom is 0.217 e. The van der Waals surface area contributed by atoms with E-state index in [2.05, 4.69) is 6.58 Å². The molecule has 1 rings (SSSR count). The summed E-state index contributed by atoms with van der Waals surface area (Å²) in [6.07, 6.45) is 2.92. The van der Waals surface area contributed by atoms with Crippen molar-refractivity contribution < 1.29 is 8.42 Å². The second-order valence-corrected chi connectivity index (χ2v) is 5.78. The monoisotopic (exact) mass is 218 g/mol. The molecule has 0 radical (unpaired) electrons. The maximum absolute atomic E-state index is 11.7. The van der Waals surface area contributed by atoms with Gasteiger partial charge in [0.05, 0.1) is 5.75 Å². The van der Waals surface area contributed by atoms with Crippen molar-refractivity contribution in [1.29, 1.82) is 0 Å². The van der Waals surface area contributed by atoms with Gasteiger partial charge >= 0.3 is 0 Å². The van der Waals surface area contributed by atoms with E-state index in [0.29, 0.717) is 6.54 Å². The average molecular weight is 218 g/mol. The fourth-order valence-electron chi connectivity index (χ4n) is 1.84. The highest BCUT2D eigenvalue weighted by atomic mass is 32.2. The first kappa shape index (κ1) is 11.7. The molecule has 1 saturated heterocycles. The molecule has 0 aromatic heterocycles. The van der Waals surface area contributed by atoms with E-state index in [1.165, 1.54) is 10.4 Å². The van der Waals surface area contributed by atoms with Gasteiger partial charge in [0.1, 0.15) is 0 Å². The molecule has 82 valence electrons. The molecule has 1 aliphatic heterocycles. The van der Waals surface area contributed by atoms with Gasteiger partial charge in [-0.25, -0.2) is 8.42 Å². The minimum absolute atomic E-state index is 0.0173. The average Bonchev–Trinajstić information content (AvgIpc) is 2.02. The van der Waals surface area contributed by atoms with Gasteiger partial charge in [-0.15, -0.1) is 6.58 Å². The summed E-state index contributed by atoms with van der Waals surface area (Å²) in [5.74, 6) is 0.0204. The van der Waals surface area contributed by atoms with Crippen molar-refractivity contribution in [3.63, 3.8) is 0 Å². The Balaban J connectivity index is 2.73. The molecule has 2 atom stereocenters. The molecule has 0 aliphatic carbocycles. The number of sulfonamides is 1. The van der Waals surface area contributed by atoms with Crippen LogP contribution in [0.3, 0.4) is 0 Å². The van der Waals surface area contributed by atoms with Crippen molar-refractivity contribution in [2.75, 3.05) is 12.3 Å². The summed E-state index contributed by atoms with van der Waals surface area (Å²) >= 11 is 0. The Kier molecular flexibility index (Phi) is 3.69. The van der Waals surface area contributed by atoms with Crippen LogP contribution in [0.4, 0.5) is 0 Å². The quantitative estimate of drug-likeness (QED) is 0.694. The molecular formula is C9H18N2O2S. The fourth-order valence-corrected chi connectivity index (χ4v) is 3.35. The van der Waals surface area contributed by atoms with Crippen LogP contribution in [0.1, 0.15) is 19.8 Å². The molecule has 1 fully saturated rings. The molecule has 2 N–H and O–H groups in total. The van der Waals surface area contributed by atoms with E-state index in [9.17, 15) is 8.42 Å². The van der Waals surface area contributed by atoms with Crippen molar-refractivity contribution in [2.24, 2.45) is 5.73 Å². The summed E-state index contributed by atoms with van der Waals surface area (Å²) in [5, 5.41) is 0. The molecule has 14 heavy (non-hydrogen) atoms. The summed E-state index contributed by atoms with van der Waals surface area (Å²) in [6.45, 7) is 5.89. The molecule has 5 heteroatoms. The number of nitrogens with two attached hydrogens (primary N) is 1. The fraction of sp³-hybridized carbons (Fsp3) is 0.778. The van der Waals surface area contributed by atoms with Crippen LogP contribution >= 0.6 is 0 Å². The van der Waals surface area contributed by atoms with Gasteiger partial charge in [0.2, 0.25) is 10.0 Å². The Labute approximate surface area is 85.8 Å². The summed E-state index contributed by atoms with van der Waals surface area (Å²) in [7, 11) is -3.15. The van der Waals surface area contributed by atoms with Gasteiger partial charge in [0.15, 0.2) is 0 Å². The van der Waals surface area contributed by atoms with Gasteiger partial charge in [0, 0.05) is 18.6 Å². The summed E-state index contributed by atoms with van der Waals surface area (Å²) < 4.78 is 25.0. The lowest BCUT2D eigenvalue weighted by Crippen LogP contribution is -2.48. The molecular weight excluding hydrogens is 200 g/mol. The van der Waals surface area contributed by atoms with Gasteiger partial charge in [-0.2, -0.15) is 4.31 Å². The molecule has 2 unspecified atom stereocenters. The predicted octanol–water partition coefficient (Wildman–Crippen LogP) is 0.314. The van der Waals surface area contributed by atoms with Gasteiger partial charge < -0.3 is 5.73 Å². The Hall–Kier alpha value is -0.390. The third kappa shape index (κ3) is 2.56. The smallest absolute Gasteiger partial charge is 0.217 e. The highest BCUT2D eigenvalue weighted by molar-refractivity contribution is 7.89. The molecule has 0 aromatic rings. The van der Waals surface area contributed by atoms with Crippen molar-refractivity contribution in [1.82, 2.24) is 4.31 Å². The third-order valence-electron chi connectivity index (χ3n) is 2.54. The third-order valence-corrected chi connectivity index (χ3v) is 4.46. The van der Waals surface area contributed by atoms with Crippen LogP contribution in [-0.2, 0) is 10.0 Å². The number of hydrogen-bond donors (Lipinski definition) is 1. The minimum Gasteiger partial charge on any atom is -0.328 e. The summed E-state index contributed by atoms with van der Waals surface area (Å²) in [6, 6.07) is 0.156. The van der Waals surface area contributed by atoms with E-state index in [4.69, 9.17) is 5.73 Å². The molecule has 0 aromatic carbocycles. The zero-order valence-corrected chi connectivity index (χ0v) is 9.33. The highest BCUT2D eigenvalue weighted by Crippen LogP contribution is 2.19. The molecule has 4 nitrogen and oxygen atoms in total. The first-order valence-electron chi connectivity index (χ1n) is 4.83. The van der Waals surface area contributed by atoms with Crippen molar-refractivity contribution in [2.45, 2.75) is 31.8 Å². The summed E-state index contributed by atoms with van der Waals surface area (Å²) in [4.78, 5) is 0. The van der Waals surface area contributed by atoms with Crippen LogP contribution in [0.15, 0.2) is 12.7 Å². The van der Waals surface area contributed by atoms with E-state index >= 15 is 0 Å². The topological polar surface area (TPSA) is 63.4 Å². The number of piperidine rings is 1. The van der Waals surface area contributed by atoms with Gasteiger partial charge in [0.25, 0.3) is 0 Å². The highest BCUT2D eigenvalue weighted by Gasteiger charge is 2.31. The normalized spacial score (nSPS) is 30.1. The number of rotatable bonds is 3. The second-order valence-electron chi connectivity index (χ2n) is 3.81. The lowest BCUT2D eigenvalue weighted by atomic mass is 10.0. The van der Waals surface area contributed by atoms with Crippen molar-refractivity contribution in [3.8, 4) is 0 Å². The molecule has 0 amide bonds. The van der Waals surface area contributed by atoms with Crippen LogP contribution in [0.2, 0.25) is 0 Å². The van der Waals surface area contributed by atoms with Crippen LogP contribution in [0.5, 0.6) is 0 Å². The van der Waals surface area contributed by atoms with Crippen LogP contribution in [0.25, 0.3) is 0 Å². The van der Waals surface area contributed by atoms with Gasteiger partial charge in [-0.1, -0.05) is 6.08 Å². The van der Waals surface area contributed by atoms with Gasteiger partial charge in [-0.05, 0) is 19.8 Å². The zero-order valence-electron chi connectivity index (χ0n) is 8.52. The molecule has 0 spiro atoms. The zero-order chi connectivity index (χ0) is 10.8. The van der Waals surface area contributed by atoms with E-state index in [1.54, 1.807) is 0 Å². The predicted molar refractivity (Wildman–Crippen MR) is 57.4 cm³/mol. The first-order valence-corrected chi connectivity index (χ1v) is 6.44. The Morgan fingerprint density at radius 2 is 2.29 bits per heavy atom. The van der Waals surface area contributed by atoms with Crippen LogP contribution < -0.4 is 5.73 Å². The number of nitrogens with zero attached hydrogens (tertiary/aromatic N) is 1. The SMILES string of the molecule is C=CCS(=O)(=O)N1CCC(N)CC1C. The van der Waals surface area contributed by atoms with Crippen molar-refractivity contribution in [3.05, 3.63) is 12.7 Å². The van der Waals surface area contributed by atoms with Crippen LogP contribution in [0, 0.1) is 0 Å². The summed E-state index contributed by atoms with van der Waals surface area (Å²) in [5.41, 5.74) is 5.76. The number of hydrogen-bond acceptors (Lipinski definition) is 3. The van der Waals surface area contributed by atoms with E-state index in [0.717, 1.165) is 12.8 Å². The second kappa shape index (κ2) is 4.42. The lowest BCUT2D eigenvalue weighted by Gasteiger charge is -2.35. The molecule has 1 heterocycles. The van der Waals surface area contributed by atoms with E-state index in [1.807, 2.05) is 6.92 Å². The Morgan fingerprint density at radius 1 is 1.64 bits per heavy atom. The standard InChI is InChI=1S/C9H18N2O2S/c1-3-6-14(12,13)11-5-4-9(10)7-8(11)2/h3,8-9H,1,4-7,10H2,2H3. The van der Waals surface area contributed by atoms with E-state index in [-0.39, 0.29) is 17.8 Å². The maximum atomic E-state index is 11.7. The van der Waals surface area contributed by atoms with Crippen molar-refractivity contribution >= 4 is 10.0 Å². The molecule has 0 saturated carbocycles. The molecule has 0 bridgehead atoms. The Morgan fingerprint density at radius 3 is 2.79 bits per heavy atom. The van der Waals surface area contributed by atoms with Gasteiger partial charge in [-0.3, -0.25) is 0 Å².